The summed E-state index contributed by atoms with van der Waals surface area (Å²) in [5.74, 6) is -0.333. The number of anilines is 1. The Kier molecular flexibility index (Phi) is 14.6. The Bertz CT molecular complexity index is 1080. The lowest BCUT2D eigenvalue weighted by molar-refractivity contribution is -0.125. The molecule has 40 heavy (non-hydrogen) atoms. The molecule has 2 amide bonds. The van der Waals surface area contributed by atoms with E-state index >= 15 is 0 Å². The summed E-state index contributed by atoms with van der Waals surface area (Å²) in [4.78, 5) is 35.9. The van der Waals surface area contributed by atoms with Crippen LogP contribution in [0.15, 0.2) is 48.5 Å². The fraction of sp³-hybridized carbons (Fsp3) is 0.548. The average Bonchev–Trinajstić information content (AvgIpc) is 2.93. The standard InChI is InChI=1S/C27H38N3O5P.C4H10/c1-20-5-4-6-22(17-20)18-27(30(2)3)15-13-24(14-16-27)29-26(32)12-11-25(31)28-23-9-7-21(8-10-23)19-35-36(33)34;1-3-4-2/h4-10,17,24,36H,11-16,18-19H2,1-3H3,(H,28,31)(H,29,32)(H,33,34);3-4H2,1-2H3. The molecule has 2 aromatic carbocycles. The van der Waals surface area contributed by atoms with Gasteiger partial charge in [0.05, 0.1) is 6.61 Å². The Hall–Kier alpha value is -2.51. The molecule has 0 radical (unpaired) electrons. The Morgan fingerprint density at radius 2 is 1.62 bits per heavy atom. The molecule has 1 fully saturated rings. The molecule has 0 saturated heterocycles. The van der Waals surface area contributed by atoms with Gasteiger partial charge in [0.15, 0.2) is 0 Å². The molecule has 0 aromatic heterocycles. The molecule has 0 bridgehead atoms. The summed E-state index contributed by atoms with van der Waals surface area (Å²) in [6.45, 7) is 6.52. The highest BCUT2D eigenvalue weighted by Gasteiger charge is 2.37. The molecule has 1 unspecified atom stereocenters. The average molecular weight is 574 g/mol. The normalized spacial score (nSPS) is 19.3. The number of benzene rings is 2. The smallest absolute Gasteiger partial charge is 0.316 e. The van der Waals surface area contributed by atoms with Gasteiger partial charge in [0.1, 0.15) is 0 Å². The molecule has 1 atom stereocenters. The molecule has 1 aliphatic rings. The number of likely N-dealkylation sites (N-methyl/N-ethyl adjacent to an activating group) is 1. The van der Waals surface area contributed by atoms with E-state index in [1.807, 2.05) is 0 Å². The van der Waals surface area contributed by atoms with E-state index < -0.39 is 8.25 Å². The highest BCUT2D eigenvalue weighted by molar-refractivity contribution is 7.32. The van der Waals surface area contributed by atoms with Crippen molar-refractivity contribution in [3.8, 4) is 0 Å². The second-order valence-corrected chi connectivity index (χ2v) is 11.7. The van der Waals surface area contributed by atoms with Gasteiger partial charge < -0.3 is 25.0 Å². The van der Waals surface area contributed by atoms with Crippen LogP contribution in [0.25, 0.3) is 0 Å². The van der Waals surface area contributed by atoms with Gasteiger partial charge in [-0.1, -0.05) is 68.7 Å². The zero-order chi connectivity index (χ0) is 29.5. The van der Waals surface area contributed by atoms with Gasteiger partial charge in [0.25, 0.3) is 0 Å². The van der Waals surface area contributed by atoms with E-state index in [9.17, 15) is 14.2 Å². The zero-order valence-corrected chi connectivity index (χ0v) is 25.8. The molecule has 3 N–H and O–H groups in total. The van der Waals surface area contributed by atoms with Gasteiger partial charge in [-0.05, 0) is 76.4 Å². The van der Waals surface area contributed by atoms with Crippen LogP contribution in [0.4, 0.5) is 5.69 Å². The van der Waals surface area contributed by atoms with E-state index in [1.54, 1.807) is 24.3 Å². The molecular formula is C31H48N3O5P. The minimum Gasteiger partial charge on any atom is -0.353 e. The summed E-state index contributed by atoms with van der Waals surface area (Å²) in [6, 6.07) is 15.6. The van der Waals surface area contributed by atoms with E-state index in [4.69, 9.17) is 9.42 Å². The Labute approximate surface area is 240 Å². The fourth-order valence-electron chi connectivity index (χ4n) is 4.86. The quantitative estimate of drug-likeness (QED) is 0.268. The first-order valence-corrected chi connectivity index (χ1v) is 15.6. The first kappa shape index (κ1) is 33.7. The van der Waals surface area contributed by atoms with Crippen LogP contribution in [0.3, 0.4) is 0 Å². The number of nitrogens with zero attached hydrogens (tertiary/aromatic N) is 1. The van der Waals surface area contributed by atoms with E-state index in [2.05, 4.69) is 74.7 Å². The Morgan fingerprint density at radius 3 is 2.17 bits per heavy atom. The Morgan fingerprint density at radius 1 is 1.00 bits per heavy atom. The number of carbonyl (C=O) groups is 2. The number of hydrogen-bond acceptors (Lipinski definition) is 5. The molecule has 0 heterocycles. The van der Waals surface area contributed by atoms with Crippen molar-refractivity contribution in [2.75, 3.05) is 19.4 Å². The van der Waals surface area contributed by atoms with Crippen molar-refractivity contribution >= 4 is 25.8 Å². The van der Waals surface area contributed by atoms with E-state index in [-0.39, 0.29) is 42.8 Å². The maximum atomic E-state index is 12.5. The lowest BCUT2D eigenvalue weighted by Gasteiger charge is -2.45. The molecule has 8 nitrogen and oxygen atoms in total. The second kappa shape index (κ2) is 17.3. The first-order chi connectivity index (χ1) is 19.1. The number of unbranched alkanes of at least 4 members (excludes halogenated alkanes) is 1. The number of carbonyl (C=O) groups excluding carboxylic acids is 2. The molecular weight excluding hydrogens is 525 g/mol. The highest BCUT2D eigenvalue weighted by atomic mass is 31.1. The SMILES string of the molecule is CCCC.Cc1cccc(CC2(N(C)C)CCC(NC(=O)CCC(=O)Nc3ccc(CO[PH](=O)O)cc3)CC2)c1. The van der Waals surface area contributed by atoms with Crippen molar-refractivity contribution < 1.29 is 23.6 Å². The second-order valence-electron chi connectivity index (χ2n) is 10.9. The number of hydrogen-bond donors (Lipinski definition) is 3. The van der Waals surface area contributed by atoms with Crippen LogP contribution < -0.4 is 10.6 Å². The van der Waals surface area contributed by atoms with E-state index in [0.717, 1.165) is 37.7 Å². The lowest BCUT2D eigenvalue weighted by Crippen LogP contribution is -2.52. The highest BCUT2D eigenvalue weighted by Crippen LogP contribution is 2.35. The van der Waals surface area contributed by atoms with Crippen LogP contribution in [0.5, 0.6) is 0 Å². The minimum absolute atomic E-state index is 0.0332. The topological polar surface area (TPSA) is 108 Å². The minimum atomic E-state index is -2.97. The third kappa shape index (κ3) is 11.9. The fourth-order valence-corrected chi connectivity index (χ4v) is 5.15. The van der Waals surface area contributed by atoms with E-state index in [1.165, 1.54) is 24.0 Å². The van der Waals surface area contributed by atoms with Crippen LogP contribution in [0.1, 0.15) is 81.9 Å². The first-order valence-electron chi connectivity index (χ1n) is 14.3. The van der Waals surface area contributed by atoms with Crippen LogP contribution in [0, 0.1) is 6.92 Å². The largest absolute Gasteiger partial charge is 0.353 e. The summed E-state index contributed by atoms with van der Waals surface area (Å²) < 4.78 is 15.3. The van der Waals surface area contributed by atoms with Crippen LogP contribution in [-0.2, 0) is 31.7 Å². The predicted octanol–water partition coefficient (Wildman–Crippen LogP) is 6.02. The third-order valence-electron chi connectivity index (χ3n) is 7.52. The summed E-state index contributed by atoms with van der Waals surface area (Å²) >= 11 is 0. The zero-order valence-electron chi connectivity index (χ0n) is 24.8. The number of rotatable bonds is 12. The van der Waals surface area contributed by atoms with Gasteiger partial charge in [0, 0.05) is 30.1 Å². The van der Waals surface area contributed by atoms with Crippen molar-refractivity contribution in [2.24, 2.45) is 0 Å². The predicted molar refractivity (Wildman–Crippen MR) is 163 cm³/mol. The van der Waals surface area contributed by atoms with Gasteiger partial charge in [-0.25, -0.2) is 0 Å². The summed E-state index contributed by atoms with van der Waals surface area (Å²) in [5, 5.41) is 5.90. The van der Waals surface area contributed by atoms with Crippen molar-refractivity contribution in [1.82, 2.24) is 10.2 Å². The molecule has 0 aliphatic heterocycles. The number of amides is 2. The third-order valence-corrected chi connectivity index (χ3v) is 7.92. The van der Waals surface area contributed by atoms with Crippen molar-refractivity contribution in [1.29, 1.82) is 0 Å². The number of nitrogens with one attached hydrogen (secondary N) is 2. The molecule has 3 rings (SSSR count). The lowest BCUT2D eigenvalue weighted by atomic mass is 9.74. The van der Waals surface area contributed by atoms with E-state index in [0.29, 0.717) is 5.69 Å². The number of aryl methyl sites for hydroxylation is 1. The van der Waals surface area contributed by atoms with Gasteiger partial charge in [0.2, 0.25) is 11.8 Å². The maximum Gasteiger partial charge on any atom is 0.316 e. The molecule has 2 aromatic rings. The van der Waals surface area contributed by atoms with Crippen LogP contribution in [-0.4, -0.2) is 47.3 Å². The molecule has 1 aliphatic carbocycles. The summed E-state index contributed by atoms with van der Waals surface area (Å²) in [7, 11) is 1.32. The van der Waals surface area contributed by atoms with Gasteiger partial charge >= 0.3 is 8.25 Å². The maximum absolute atomic E-state index is 12.5. The molecule has 1 saturated carbocycles. The summed E-state index contributed by atoms with van der Waals surface area (Å²) in [6.07, 6.45) is 7.74. The monoisotopic (exact) mass is 573 g/mol. The summed E-state index contributed by atoms with van der Waals surface area (Å²) in [5.41, 5.74) is 4.04. The van der Waals surface area contributed by atoms with Gasteiger partial charge in [-0.3, -0.25) is 14.2 Å². The molecule has 222 valence electrons. The van der Waals surface area contributed by atoms with Gasteiger partial charge in [-0.15, -0.1) is 0 Å². The van der Waals surface area contributed by atoms with Crippen LogP contribution in [0.2, 0.25) is 0 Å². The van der Waals surface area contributed by atoms with Crippen molar-refractivity contribution in [2.45, 2.75) is 96.7 Å². The van der Waals surface area contributed by atoms with Gasteiger partial charge in [-0.2, -0.15) is 0 Å². The van der Waals surface area contributed by atoms with Crippen LogP contribution >= 0.6 is 8.25 Å². The Balaban J connectivity index is 0.00000131. The van der Waals surface area contributed by atoms with Crippen molar-refractivity contribution in [3.63, 3.8) is 0 Å². The van der Waals surface area contributed by atoms with Crippen molar-refractivity contribution in [3.05, 3.63) is 65.2 Å². The molecule has 9 heteroatoms. The molecule has 0 spiro atoms.